The summed E-state index contributed by atoms with van der Waals surface area (Å²) in [6, 6.07) is 4.06. The highest BCUT2D eigenvalue weighted by Gasteiger charge is 2.52. The quantitative estimate of drug-likeness (QED) is 0.312. The number of fused-ring (bicyclic) bond motifs is 2. The van der Waals surface area contributed by atoms with Crippen molar-refractivity contribution in [3.8, 4) is 0 Å². The molecule has 0 bridgehead atoms. The van der Waals surface area contributed by atoms with Gasteiger partial charge in [0.2, 0.25) is 0 Å². The first kappa shape index (κ1) is 34.2. The molecule has 2 aromatic heterocycles. The van der Waals surface area contributed by atoms with Crippen LogP contribution in [0.3, 0.4) is 0 Å². The molecule has 2 aromatic rings. The fourth-order valence-electron chi connectivity index (χ4n) is 5.01. The SMILES string of the molecule is CC(C)(C)OC(=O)N1CCCc2cc(B3OC(C)(C)C(C)(C)O3)cnc21.CC(C)(C)OC(=O)N1CCCc2cc(Br)cnc21. The molecule has 3 aliphatic rings. The van der Waals surface area contributed by atoms with Gasteiger partial charge in [-0.15, -0.1) is 0 Å². The van der Waals surface area contributed by atoms with Crippen molar-refractivity contribution in [3.63, 3.8) is 0 Å². The number of carbonyl (C=O) groups excluding carboxylic acids is 2. The molecule has 0 aromatic carbocycles. The van der Waals surface area contributed by atoms with Crippen molar-refractivity contribution in [2.24, 2.45) is 0 Å². The Balaban J connectivity index is 0.000000215. The number of nitrogens with zero attached hydrogens (tertiary/aromatic N) is 4. The fraction of sp³-hybridized carbons (Fsp3) is 0.625. The van der Waals surface area contributed by atoms with E-state index in [2.05, 4.69) is 25.9 Å². The number of aromatic nitrogens is 2. The first-order valence-corrected chi connectivity index (χ1v) is 16.1. The highest BCUT2D eigenvalue weighted by atomic mass is 79.9. The number of pyridine rings is 2. The van der Waals surface area contributed by atoms with Crippen LogP contribution < -0.4 is 15.3 Å². The van der Waals surface area contributed by atoms with Crippen molar-refractivity contribution in [2.75, 3.05) is 22.9 Å². The number of carbonyl (C=O) groups is 2. The molecule has 0 unspecified atom stereocenters. The summed E-state index contributed by atoms with van der Waals surface area (Å²) >= 11 is 3.40. The highest BCUT2D eigenvalue weighted by molar-refractivity contribution is 9.10. The number of rotatable bonds is 1. The molecule has 0 atom stereocenters. The molecule has 0 spiro atoms. The Bertz CT molecular complexity index is 1370. The number of hydrogen-bond donors (Lipinski definition) is 0. The minimum absolute atomic E-state index is 0.321. The Morgan fingerprint density at radius 1 is 0.795 bits per heavy atom. The summed E-state index contributed by atoms with van der Waals surface area (Å²) in [5, 5.41) is 0. The maximum atomic E-state index is 12.5. The Morgan fingerprint density at radius 2 is 1.23 bits per heavy atom. The molecule has 44 heavy (non-hydrogen) atoms. The molecule has 1 saturated heterocycles. The van der Waals surface area contributed by atoms with Gasteiger partial charge in [0.05, 0.1) is 11.2 Å². The molecule has 2 amide bonds. The van der Waals surface area contributed by atoms with E-state index >= 15 is 0 Å². The van der Waals surface area contributed by atoms with Crippen LogP contribution in [0.4, 0.5) is 21.2 Å². The first-order chi connectivity index (χ1) is 20.3. The molecular formula is C32H46BBrN4O6. The second kappa shape index (κ2) is 12.6. The van der Waals surface area contributed by atoms with E-state index in [9.17, 15) is 9.59 Å². The van der Waals surface area contributed by atoms with Gasteiger partial charge in [0.1, 0.15) is 22.8 Å². The summed E-state index contributed by atoms with van der Waals surface area (Å²) in [6.07, 6.45) is 6.40. The van der Waals surface area contributed by atoms with Gasteiger partial charge >= 0.3 is 19.3 Å². The standard InChI is InChI=1S/C19H29BN2O4.C13H17BrN2O2/c1-17(2,3)24-16(23)22-10-8-9-13-11-14(12-21-15(13)22)20-25-18(4,5)19(6,7)26-20;1-13(2,3)18-12(17)16-6-4-5-9-7-10(14)8-15-11(9)16/h11-12H,8-10H2,1-7H3;7-8H,4-6H2,1-3H3. The molecule has 0 aliphatic carbocycles. The van der Waals surface area contributed by atoms with E-state index in [1.807, 2.05) is 81.4 Å². The molecule has 0 saturated carbocycles. The van der Waals surface area contributed by atoms with E-state index in [4.69, 9.17) is 18.8 Å². The van der Waals surface area contributed by atoms with Crippen molar-refractivity contribution < 1.29 is 28.4 Å². The van der Waals surface area contributed by atoms with E-state index in [1.54, 1.807) is 22.2 Å². The monoisotopic (exact) mass is 672 g/mol. The summed E-state index contributed by atoms with van der Waals surface area (Å²) in [5.74, 6) is 1.39. The maximum Gasteiger partial charge on any atom is 0.496 e. The summed E-state index contributed by atoms with van der Waals surface area (Å²) in [5.41, 5.74) is 1.19. The van der Waals surface area contributed by atoms with Crippen LogP contribution in [0.2, 0.25) is 0 Å². The van der Waals surface area contributed by atoms with Crippen LogP contribution in [0.5, 0.6) is 0 Å². The molecule has 0 radical (unpaired) electrons. The smallest absolute Gasteiger partial charge is 0.443 e. The average Bonchev–Trinajstić information content (AvgIpc) is 3.12. The van der Waals surface area contributed by atoms with Gasteiger partial charge in [-0.25, -0.2) is 19.6 Å². The van der Waals surface area contributed by atoms with Gasteiger partial charge in [-0.1, -0.05) is 6.07 Å². The van der Waals surface area contributed by atoms with Crippen LogP contribution in [-0.2, 0) is 31.6 Å². The van der Waals surface area contributed by atoms with E-state index in [0.29, 0.717) is 18.9 Å². The normalized spacial score (nSPS) is 18.9. The van der Waals surface area contributed by atoms with Gasteiger partial charge in [0.25, 0.3) is 0 Å². The molecule has 12 heteroatoms. The molecule has 1 fully saturated rings. The zero-order valence-electron chi connectivity index (χ0n) is 27.7. The van der Waals surface area contributed by atoms with E-state index in [-0.39, 0.29) is 12.2 Å². The van der Waals surface area contributed by atoms with Crippen LogP contribution in [0.1, 0.15) is 93.2 Å². The highest BCUT2D eigenvalue weighted by Crippen LogP contribution is 2.37. The Morgan fingerprint density at radius 3 is 1.68 bits per heavy atom. The van der Waals surface area contributed by atoms with Crippen LogP contribution in [0.25, 0.3) is 0 Å². The number of halogens is 1. The minimum atomic E-state index is -0.530. The van der Waals surface area contributed by atoms with Crippen LogP contribution in [-0.4, -0.2) is 64.8 Å². The topological polar surface area (TPSA) is 103 Å². The fourth-order valence-corrected chi connectivity index (χ4v) is 5.39. The van der Waals surface area contributed by atoms with Crippen molar-refractivity contribution in [1.29, 1.82) is 0 Å². The second-order valence-electron chi connectivity index (χ2n) is 14.4. The first-order valence-electron chi connectivity index (χ1n) is 15.3. The zero-order valence-corrected chi connectivity index (χ0v) is 29.3. The van der Waals surface area contributed by atoms with Crippen molar-refractivity contribution in [1.82, 2.24) is 9.97 Å². The number of amides is 2. The van der Waals surface area contributed by atoms with E-state index in [0.717, 1.165) is 52.6 Å². The van der Waals surface area contributed by atoms with Crippen molar-refractivity contribution >= 4 is 52.3 Å². The summed E-state index contributed by atoms with van der Waals surface area (Å²) in [4.78, 5) is 36.7. The van der Waals surface area contributed by atoms with Gasteiger partial charge in [0, 0.05) is 35.4 Å². The molecule has 10 nitrogen and oxygen atoms in total. The molecule has 5 rings (SSSR count). The Kier molecular flexibility index (Phi) is 9.79. The predicted octanol–water partition coefficient (Wildman–Crippen LogP) is 6.60. The summed E-state index contributed by atoms with van der Waals surface area (Å²) in [7, 11) is -0.449. The second-order valence-corrected chi connectivity index (χ2v) is 15.4. The van der Waals surface area contributed by atoms with Crippen LogP contribution in [0, 0.1) is 0 Å². The third-order valence-electron chi connectivity index (χ3n) is 7.79. The molecule has 240 valence electrons. The lowest BCUT2D eigenvalue weighted by molar-refractivity contribution is 0.00578. The van der Waals surface area contributed by atoms with Gasteiger partial charge in [-0.3, -0.25) is 9.80 Å². The van der Waals surface area contributed by atoms with Crippen molar-refractivity contribution in [3.05, 3.63) is 40.1 Å². The lowest BCUT2D eigenvalue weighted by Crippen LogP contribution is -2.42. The van der Waals surface area contributed by atoms with Crippen LogP contribution >= 0.6 is 15.9 Å². The van der Waals surface area contributed by atoms with Gasteiger partial charge < -0.3 is 18.8 Å². The summed E-state index contributed by atoms with van der Waals surface area (Å²) in [6.45, 7) is 20.6. The number of aryl methyl sites for hydroxylation is 2. The number of anilines is 2. The third kappa shape index (κ3) is 8.11. The lowest BCUT2D eigenvalue weighted by atomic mass is 9.79. The van der Waals surface area contributed by atoms with Crippen LogP contribution in [0.15, 0.2) is 29.0 Å². The average molecular weight is 673 g/mol. The molecule has 0 N–H and O–H groups in total. The molecule has 3 aliphatic heterocycles. The Hall–Kier alpha value is -2.70. The third-order valence-corrected chi connectivity index (χ3v) is 8.23. The van der Waals surface area contributed by atoms with E-state index < -0.39 is 29.5 Å². The zero-order chi connectivity index (χ0) is 32.7. The largest absolute Gasteiger partial charge is 0.496 e. The maximum absolute atomic E-state index is 12.5. The molecule has 5 heterocycles. The lowest BCUT2D eigenvalue weighted by Gasteiger charge is -2.32. The van der Waals surface area contributed by atoms with Crippen molar-refractivity contribution in [2.45, 2.75) is 117 Å². The van der Waals surface area contributed by atoms with Gasteiger partial charge in [-0.05, 0) is 128 Å². The number of hydrogen-bond acceptors (Lipinski definition) is 8. The predicted molar refractivity (Wildman–Crippen MR) is 176 cm³/mol. The van der Waals surface area contributed by atoms with Gasteiger partial charge in [-0.2, -0.15) is 0 Å². The summed E-state index contributed by atoms with van der Waals surface area (Å²) < 4.78 is 24.1. The number of ether oxygens (including phenoxy) is 2. The van der Waals surface area contributed by atoms with E-state index in [1.165, 1.54) is 0 Å². The minimum Gasteiger partial charge on any atom is -0.443 e. The molecular weight excluding hydrogens is 627 g/mol. The Labute approximate surface area is 270 Å². The van der Waals surface area contributed by atoms with Gasteiger partial charge in [0.15, 0.2) is 0 Å².